The Bertz CT molecular complexity index is 1480. The van der Waals surface area contributed by atoms with Crippen LogP contribution in [0.5, 0.6) is 0 Å². The summed E-state index contributed by atoms with van der Waals surface area (Å²) in [5.74, 6) is -1.19. The Labute approximate surface area is 234 Å². The number of hydrogen-bond acceptors (Lipinski definition) is 5. The van der Waals surface area contributed by atoms with Crippen LogP contribution in [0.3, 0.4) is 0 Å². The summed E-state index contributed by atoms with van der Waals surface area (Å²) in [6.07, 6.45) is 4.38. The first-order valence-corrected chi connectivity index (χ1v) is 13.8. The van der Waals surface area contributed by atoms with Gasteiger partial charge in [-0.1, -0.05) is 56.3 Å². The maximum absolute atomic E-state index is 14.0. The van der Waals surface area contributed by atoms with Crippen LogP contribution in [0.25, 0.3) is 28.5 Å². The van der Waals surface area contributed by atoms with Crippen molar-refractivity contribution in [1.82, 2.24) is 10.3 Å². The van der Waals surface area contributed by atoms with E-state index in [9.17, 15) is 14.0 Å². The maximum Gasteiger partial charge on any atom is 0.252 e. The first kappa shape index (κ1) is 27.9. The van der Waals surface area contributed by atoms with Gasteiger partial charge in [0.2, 0.25) is 0 Å². The minimum atomic E-state index is -0.839. The molecule has 1 aromatic heterocycles. The highest BCUT2D eigenvalue weighted by Crippen LogP contribution is 2.41. The summed E-state index contributed by atoms with van der Waals surface area (Å²) in [7, 11) is 0. The molecule has 6 nitrogen and oxygen atoms in total. The number of benzene rings is 2. The van der Waals surface area contributed by atoms with Gasteiger partial charge in [0.15, 0.2) is 5.79 Å². The molecule has 0 radical (unpaired) electrons. The number of pyridine rings is 1. The van der Waals surface area contributed by atoms with E-state index in [4.69, 9.17) is 14.5 Å². The van der Waals surface area contributed by atoms with Crippen LogP contribution >= 0.6 is 0 Å². The van der Waals surface area contributed by atoms with E-state index in [0.717, 1.165) is 39.2 Å². The molecule has 5 rings (SSSR count). The Morgan fingerprint density at radius 2 is 1.82 bits per heavy atom. The Hall–Kier alpha value is -3.68. The zero-order valence-electron chi connectivity index (χ0n) is 23.6. The minimum Gasteiger partial charge on any atom is -0.348 e. The largest absolute Gasteiger partial charge is 0.348 e. The molecule has 7 heteroatoms. The number of amides is 1. The first-order valence-electron chi connectivity index (χ1n) is 13.8. The summed E-state index contributed by atoms with van der Waals surface area (Å²) in [5, 5.41) is 3.04. The van der Waals surface area contributed by atoms with Crippen molar-refractivity contribution in [2.45, 2.75) is 77.9 Å². The fraction of sp³-hybridized carbons (Fsp3) is 0.364. The van der Waals surface area contributed by atoms with Gasteiger partial charge >= 0.3 is 0 Å². The molecular weight excluding hydrogens is 507 g/mol. The van der Waals surface area contributed by atoms with Crippen LogP contribution in [0, 0.1) is 5.82 Å². The van der Waals surface area contributed by atoms with E-state index >= 15 is 0 Å². The van der Waals surface area contributed by atoms with Gasteiger partial charge in [-0.05, 0) is 56.0 Å². The number of fused-ring (bicyclic) bond motifs is 3. The highest BCUT2D eigenvalue weighted by atomic mass is 19.1. The third-order valence-electron chi connectivity index (χ3n) is 7.27. The standard InChI is InChI=1S/C33H35FN2O4/c1-19(2)30-27(15-14-23-17-24(16-20(3)37)40-33(4,5)39-23)29(21-10-12-22(34)13-11-21)28-18-35-32(38)26-9-7-6-8-25(26)31(28)36-30/h6-15,19,23-24H,16-18H2,1-5H3,(H,35,38)/b15-14+/t23-,24+/m1/s1. The molecule has 2 aliphatic rings. The third kappa shape index (κ3) is 5.76. The van der Waals surface area contributed by atoms with Gasteiger partial charge in [-0.15, -0.1) is 0 Å². The molecule has 1 amide bonds. The second-order valence-electron chi connectivity index (χ2n) is 11.3. The summed E-state index contributed by atoms with van der Waals surface area (Å²) in [6, 6.07) is 13.9. The van der Waals surface area contributed by atoms with Gasteiger partial charge in [0, 0.05) is 41.6 Å². The summed E-state index contributed by atoms with van der Waals surface area (Å²) in [4.78, 5) is 30.0. The number of ether oxygens (including phenoxy) is 2. The number of carbonyl (C=O) groups excluding carboxylic acids is 2. The van der Waals surface area contributed by atoms with Gasteiger partial charge in [0.1, 0.15) is 11.6 Å². The van der Waals surface area contributed by atoms with Crippen LogP contribution in [0.15, 0.2) is 54.6 Å². The number of halogens is 1. The number of nitrogens with zero attached hydrogens (tertiary/aromatic N) is 1. The fourth-order valence-corrected chi connectivity index (χ4v) is 5.67. The van der Waals surface area contributed by atoms with Crippen molar-refractivity contribution in [3.63, 3.8) is 0 Å². The zero-order valence-corrected chi connectivity index (χ0v) is 23.6. The molecule has 0 unspecified atom stereocenters. The lowest BCUT2D eigenvalue weighted by atomic mass is 9.87. The predicted molar refractivity (Wildman–Crippen MR) is 153 cm³/mol. The summed E-state index contributed by atoms with van der Waals surface area (Å²) >= 11 is 0. The molecule has 0 saturated carbocycles. The molecule has 0 spiro atoms. The number of ketones is 1. The minimum absolute atomic E-state index is 0.0562. The molecule has 1 fully saturated rings. The Balaban J connectivity index is 1.70. The molecule has 40 heavy (non-hydrogen) atoms. The Kier molecular flexibility index (Phi) is 7.71. The van der Waals surface area contributed by atoms with Crippen molar-refractivity contribution >= 4 is 17.8 Å². The second-order valence-corrected chi connectivity index (χ2v) is 11.3. The van der Waals surface area contributed by atoms with Gasteiger partial charge in [-0.3, -0.25) is 14.6 Å². The lowest BCUT2D eigenvalue weighted by Gasteiger charge is -2.39. The summed E-state index contributed by atoms with van der Waals surface area (Å²) < 4.78 is 26.2. The van der Waals surface area contributed by atoms with Gasteiger partial charge in [0.05, 0.1) is 23.6 Å². The molecule has 2 aromatic carbocycles. The van der Waals surface area contributed by atoms with Crippen LogP contribution in [-0.4, -0.2) is 34.7 Å². The smallest absolute Gasteiger partial charge is 0.252 e. The molecule has 0 bridgehead atoms. The second kappa shape index (κ2) is 11.1. The van der Waals surface area contributed by atoms with E-state index in [1.54, 1.807) is 19.1 Å². The first-order chi connectivity index (χ1) is 19.0. The normalized spacial score (nSPS) is 20.1. The SMILES string of the molecule is CC(=O)C[C@H]1C[C@@H](/C=C/c2c(C(C)C)nc3c(c2-c2ccc(F)cc2)CNC(=O)c2ccccc2-3)OC(C)(C)O1. The van der Waals surface area contributed by atoms with Crippen LogP contribution in [0.2, 0.25) is 0 Å². The maximum atomic E-state index is 14.0. The number of rotatable bonds is 6. The van der Waals surface area contributed by atoms with Gasteiger partial charge in [0.25, 0.3) is 5.91 Å². The quantitative estimate of drug-likeness (QED) is 0.370. The molecule has 2 aliphatic heterocycles. The van der Waals surface area contributed by atoms with Crippen LogP contribution in [0.1, 0.15) is 80.6 Å². The van der Waals surface area contributed by atoms with Crippen LogP contribution < -0.4 is 5.32 Å². The predicted octanol–water partition coefficient (Wildman–Crippen LogP) is 6.82. The van der Waals surface area contributed by atoms with Gasteiger partial charge in [-0.25, -0.2) is 4.39 Å². The van der Waals surface area contributed by atoms with Crippen molar-refractivity contribution in [3.05, 3.63) is 82.8 Å². The number of carbonyl (C=O) groups is 2. The highest BCUT2D eigenvalue weighted by molar-refractivity contribution is 6.03. The van der Waals surface area contributed by atoms with Crippen LogP contribution in [0.4, 0.5) is 4.39 Å². The number of nitrogens with one attached hydrogen (secondary N) is 1. The van der Waals surface area contributed by atoms with E-state index in [-0.39, 0.29) is 42.2 Å². The van der Waals surface area contributed by atoms with Crippen molar-refractivity contribution in [2.24, 2.45) is 0 Å². The zero-order chi connectivity index (χ0) is 28.6. The van der Waals surface area contributed by atoms with E-state index < -0.39 is 5.79 Å². The topological polar surface area (TPSA) is 77.5 Å². The number of Topliss-reactive ketones (excluding diaryl/α,β-unsaturated/α-hetero) is 1. The molecule has 3 heterocycles. The van der Waals surface area contributed by atoms with Crippen molar-refractivity contribution in [2.75, 3.05) is 0 Å². The fourth-order valence-electron chi connectivity index (χ4n) is 5.67. The molecule has 2 atom stereocenters. The molecule has 3 aromatic rings. The molecule has 0 aliphatic carbocycles. The monoisotopic (exact) mass is 542 g/mol. The molecular formula is C33H35FN2O4. The lowest BCUT2D eigenvalue weighted by Crippen LogP contribution is -2.44. The highest BCUT2D eigenvalue weighted by Gasteiger charge is 2.35. The van der Waals surface area contributed by atoms with Crippen molar-refractivity contribution < 1.29 is 23.5 Å². The van der Waals surface area contributed by atoms with E-state index in [1.165, 1.54) is 12.1 Å². The number of hydrogen-bond donors (Lipinski definition) is 1. The average molecular weight is 543 g/mol. The Morgan fingerprint density at radius 1 is 1.12 bits per heavy atom. The van der Waals surface area contributed by atoms with Crippen molar-refractivity contribution in [1.29, 1.82) is 0 Å². The van der Waals surface area contributed by atoms with E-state index in [0.29, 0.717) is 18.4 Å². The van der Waals surface area contributed by atoms with E-state index in [1.807, 2.05) is 50.3 Å². The van der Waals surface area contributed by atoms with Gasteiger partial charge in [-0.2, -0.15) is 0 Å². The van der Waals surface area contributed by atoms with Crippen molar-refractivity contribution in [3.8, 4) is 22.4 Å². The molecule has 1 N–H and O–H groups in total. The molecule has 208 valence electrons. The van der Waals surface area contributed by atoms with Gasteiger partial charge < -0.3 is 14.8 Å². The average Bonchev–Trinajstić information content (AvgIpc) is 3.02. The van der Waals surface area contributed by atoms with Crippen LogP contribution in [-0.2, 0) is 20.8 Å². The third-order valence-corrected chi connectivity index (χ3v) is 7.27. The van der Waals surface area contributed by atoms with E-state index in [2.05, 4.69) is 19.2 Å². The number of aromatic nitrogens is 1. The summed E-state index contributed by atoms with van der Waals surface area (Å²) in [6.45, 7) is 9.73. The lowest BCUT2D eigenvalue weighted by molar-refractivity contribution is -0.289. The molecule has 1 saturated heterocycles. The summed E-state index contributed by atoms with van der Waals surface area (Å²) in [5.41, 5.74) is 6.46. The Morgan fingerprint density at radius 3 is 2.50 bits per heavy atom.